The van der Waals surface area contributed by atoms with Gasteiger partial charge < -0.3 is 5.73 Å². The molecule has 12 heavy (non-hydrogen) atoms. The van der Waals surface area contributed by atoms with Gasteiger partial charge in [-0.05, 0) is 0 Å². The van der Waals surface area contributed by atoms with Crippen molar-refractivity contribution in [3.8, 4) is 0 Å². The maximum atomic E-state index is 11.1. The minimum atomic E-state index is -0.0244. The van der Waals surface area contributed by atoms with Crippen molar-refractivity contribution in [1.82, 2.24) is 9.38 Å². The summed E-state index contributed by atoms with van der Waals surface area (Å²) in [7, 11) is 0. The first kappa shape index (κ1) is 7.45. The summed E-state index contributed by atoms with van der Waals surface area (Å²) in [5.74, 6) is -0.0244. The van der Waals surface area contributed by atoms with Crippen molar-refractivity contribution in [2.45, 2.75) is 0 Å². The van der Waals surface area contributed by atoms with Gasteiger partial charge in [-0.3, -0.25) is 9.20 Å². The van der Waals surface area contributed by atoms with E-state index in [0.29, 0.717) is 4.88 Å². The van der Waals surface area contributed by atoms with Gasteiger partial charge in [0.2, 0.25) is 0 Å². The van der Waals surface area contributed by atoms with Crippen LogP contribution in [0.4, 0.5) is 0 Å². The number of rotatable bonds is 2. The minimum absolute atomic E-state index is 0.0244. The molecule has 2 rings (SSSR count). The normalized spacial score (nSPS) is 10.8. The highest BCUT2D eigenvalue weighted by atomic mass is 32.1. The van der Waals surface area contributed by atoms with Crippen molar-refractivity contribution >= 4 is 22.0 Å². The van der Waals surface area contributed by atoms with E-state index < -0.39 is 0 Å². The number of thiazole rings is 1. The van der Waals surface area contributed by atoms with E-state index in [9.17, 15) is 4.79 Å². The number of imidazole rings is 1. The fraction of sp³-hybridized carbons (Fsp3) is 0.143. The summed E-state index contributed by atoms with van der Waals surface area (Å²) in [6.07, 6.45) is 5.14. The van der Waals surface area contributed by atoms with Gasteiger partial charge in [0.1, 0.15) is 4.83 Å². The molecule has 0 fully saturated rings. The van der Waals surface area contributed by atoms with Crippen LogP contribution in [0.2, 0.25) is 0 Å². The lowest BCUT2D eigenvalue weighted by atomic mass is 10.3. The van der Waals surface area contributed by atoms with Crippen LogP contribution in [0.5, 0.6) is 0 Å². The number of nitrogens with two attached hydrogens (primary N) is 1. The quantitative estimate of drug-likeness (QED) is 0.688. The number of Topliss-reactive ketones (excluding diaryl/α,β-unsaturated/α-hetero) is 1. The average Bonchev–Trinajstić information content (AvgIpc) is 2.60. The Balaban J connectivity index is 2.51. The molecule has 0 spiro atoms. The molecule has 0 saturated heterocycles. The molecule has 2 heterocycles. The van der Waals surface area contributed by atoms with E-state index in [-0.39, 0.29) is 12.3 Å². The van der Waals surface area contributed by atoms with Crippen molar-refractivity contribution in [2.24, 2.45) is 5.73 Å². The van der Waals surface area contributed by atoms with E-state index in [1.54, 1.807) is 18.7 Å². The topological polar surface area (TPSA) is 60.4 Å². The van der Waals surface area contributed by atoms with Crippen LogP contribution in [-0.2, 0) is 0 Å². The highest BCUT2D eigenvalue weighted by Gasteiger charge is 2.07. The second-order valence-electron chi connectivity index (χ2n) is 2.36. The maximum Gasteiger partial charge on any atom is 0.187 e. The molecule has 62 valence electrons. The molecule has 5 heteroatoms. The van der Waals surface area contributed by atoms with Gasteiger partial charge in [-0.25, -0.2) is 4.98 Å². The SMILES string of the molecule is NCC(=O)c1cn2cncc2s1. The van der Waals surface area contributed by atoms with Crippen molar-refractivity contribution in [2.75, 3.05) is 6.54 Å². The fourth-order valence-electron chi connectivity index (χ4n) is 0.963. The molecule has 2 aromatic heterocycles. The number of aromatic nitrogens is 2. The Morgan fingerprint density at radius 3 is 3.25 bits per heavy atom. The van der Waals surface area contributed by atoms with E-state index in [1.165, 1.54) is 11.3 Å². The number of nitrogens with zero attached hydrogens (tertiary/aromatic N) is 2. The van der Waals surface area contributed by atoms with Crippen LogP contribution in [0, 0.1) is 0 Å². The molecule has 0 amide bonds. The molecule has 2 aromatic rings. The van der Waals surface area contributed by atoms with Gasteiger partial charge in [0.05, 0.1) is 23.9 Å². The van der Waals surface area contributed by atoms with E-state index >= 15 is 0 Å². The summed E-state index contributed by atoms with van der Waals surface area (Å²) in [4.78, 5) is 16.7. The Kier molecular flexibility index (Phi) is 1.67. The largest absolute Gasteiger partial charge is 0.324 e. The third kappa shape index (κ3) is 1.03. The molecular formula is C7H7N3OS. The van der Waals surface area contributed by atoms with Crippen LogP contribution in [0.15, 0.2) is 18.7 Å². The van der Waals surface area contributed by atoms with Crippen LogP contribution < -0.4 is 5.73 Å². The van der Waals surface area contributed by atoms with Crippen molar-refractivity contribution in [3.05, 3.63) is 23.6 Å². The Morgan fingerprint density at radius 1 is 1.75 bits per heavy atom. The number of ketones is 1. The van der Waals surface area contributed by atoms with Gasteiger partial charge in [0, 0.05) is 6.20 Å². The third-order valence-electron chi connectivity index (χ3n) is 1.56. The number of hydrogen-bond acceptors (Lipinski definition) is 4. The van der Waals surface area contributed by atoms with Crippen molar-refractivity contribution < 1.29 is 4.79 Å². The number of fused-ring (bicyclic) bond motifs is 1. The van der Waals surface area contributed by atoms with Gasteiger partial charge in [0.25, 0.3) is 0 Å². The molecule has 0 saturated carbocycles. The van der Waals surface area contributed by atoms with Crippen LogP contribution in [0.1, 0.15) is 9.67 Å². The zero-order valence-electron chi connectivity index (χ0n) is 6.23. The van der Waals surface area contributed by atoms with E-state index in [1.807, 2.05) is 4.40 Å². The third-order valence-corrected chi connectivity index (χ3v) is 2.64. The lowest BCUT2D eigenvalue weighted by molar-refractivity contribution is 0.100. The number of hydrogen-bond donors (Lipinski definition) is 1. The van der Waals surface area contributed by atoms with E-state index in [2.05, 4.69) is 4.98 Å². The lowest BCUT2D eigenvalue weighted by Crippen LogP contribution is -2.11. The molecular weight excluding hydrogens is 174 g/mol. The Hall–Kier alpha value is -1.20. The maximum absolute atomic E-state index is 11.1. The predicted molar refractivity (Wildman–Crippen MR) is 46.5 cm³/mol. The Bertz CT molecular complexity index is 388. The molecule has 0 aromatic carbocycles. The molecule has 4 nitrogen and oxygen atoms in total. The van der Waals surface area contributed by atoms with Crippen LogP contribution in [-0.4, -0.2) is 21.7 Å². The van der Waals surface area contributed by atoms with E-state index in [4.69, 9.17) is 5.73 Å². The van der Waals surface area contributed by atoms with E-state index in [0.717, 1.165) is 4.83 Å². The fourth-order valence-corrected chi connectivity index (χ4v) is 1.87. The smallest absolute Gasteiger partial charge is 0.187 e. The monoisotopic (exact) mass is 181 g/mol. The molecule has 0 aliphatic rings. The van der Waals surface area contributed by atoms with Gasteiger partial charge >= 0.3 is 0 Å². The highest BCUT2D eigenvalue weighted by Crippen LogP contribution is 2.16. The first-order chi connectivity index (χ1) is 5.81. The minimum Gasteiger partial charge on any atom is -0.324 e. The first-order valence-corrected chi connectivity index (χ1v) is 4.27. The zero-order chi connectivity index (χ0) is 8.55. The lowest BCUT2D eigenvalue weighted by Gasteiger charge is -1.86. The Labute approximate surface area is 72.6 Å². The summed E-state index contributed by atoms with van der Waals surface area (Å²) in [6.45, 7) is 0.0666. The zero-order valence-corrected chi connectivity index (χ0v) is 7.04. The highest BCUT2D eigenvalue weighted by molar-refractivity contribution is 7.19. The predicted octanol–water partition coefficient (Wildman–Crippen LogP) is 0.537. The van der Waals surface area contributed by atoms with Crippen molar-refractivity contribution in [1.29, 1.82) is 0 Å². The van der Waals surface area contributed by atoms with Gasteiger partial charge in [-0.1, -0.05) is 0 Å². The molecule has 2 N–H and O–H groups in total. The molecule has 0 atom stereocenters. The summed E-state index contributed by atoms with van der Waals surface area (Å²) in [5.41, 5.74) is 5.23. The van der Waals surface area contributed by atoms with Gasteiger partial charge in [0.15, 0.2) is 5.78 Å². The second-order valence-corrected chi connectivity index (χ2v) is 3.42. The van der Waals surface area contributed by atoms with Crippen LogP contribution in [0.25, 0.3) is 4.83 Å². The average molecular weight is 181 g/mol. The second kappa shape index (κ2) is 2.69. The number of carbonyl (C=O) groups excluding carboxylic acids is 1. The van der Waals surface area contributed by atoms with Gasteiger partial charge in [-0.2, -0.15) is 0 Å². The number of carbonyl (C=O) groups is 1. The molecule has 0 aliphatic carbocycles. The Morgan fingerprint density at radius 2 is 2.58 bits per heavy atom. The summed E-state index contributed by atoms with van der Waals surface area (Å²) in [6, 6.07) is 0. The summed E-state index contributed by atoms with van der Waals surface area (Å²) in [5, 5.41) is 0. The van der Waals surface area contributed by atoms with Crippen LogP contribution in [0.3, 0.4) is 0 Å². The molecule has 0 aliphatic heterocycles. The van der Waals surface area contributed by atoms with Crippen LogP contribution >= 0.6 is 11.3 Å². The standard InChI is InChI=1S/C7H7N3OS/c8-1-5(11)6-3-10-4-9-2-7(10)12-6/h2-4H,1,8H2. The van der Waals surface area contributed by atoms with Crippen molar-refractivity contribution in [3.63, 3.8) is 0 Å². The molecule has 0 radical (unpaired) electrons. The summed E-state index contributed by atoms with van der Waals surface area (Å²) < 4.78 is 1.81. The first-order valence-electron chi connectivity index (χ1n) is 3.46. The van der Waals surface area contributed by atoms with Gasteiger partial charge in [-0.15, -0.1) is 11.3 Å². The summed E-state index contributed by atoms with van der Waals surface area (Å²) >= 11 is 1.41. The molecule has 0 bridgehead atoms. The molecule has 0 unspecified atom stereocenters.